The Morgan fingerprint density at radius 1 is 1.00 bits per heavy atom. The molecule has 0 saturated carbocycles. The molecule has 0 spiro atoms. The zero-order valence-corrected chi connectivity index (χ0v) is 18.4. The normalized spacial score (nSPS) is 16.9. The van der Waals surface area contributed by atoms with Gasteiger partial charge >= 0.3 is 0 Å². The van der Waals surface area contributed by atoms with Crippen molar-refractivity contribution in [3.05, 3.63) is 89.0 Å². The van der Waals surface area contributed by atoms with Crippen LogP contribution in [0.5, 0.6) is 17.2 Å². The van der Waals surface area contributed by atoms with E-state index in [1.165, 1.54) is 49.5 Å². The molecule has 2 N–H and O–H groups in total. The van der Waals surface area contributed by atoms with Gasteiger partial charge in [0.1, 0.15) is 23.0 Å². The molecular formula is C26H20N2O6. The van der Waals surface area contributed by atoms with Crippen LogP contribution in [-0.2, 0) is 9.59 Å². The van der Waals surface area contributed by atoms with Crippen LogP contribution in [0.15, 0.2) is 72.3 Å². The minimum Gasteiger partial charge on any atom is -0.508 e. The quantitative estimate of drug-likeness (QED) is 0.339. The van der Waals surface area contributed by atoms with Gasteiger partial charge in [-0.05, 0) is 54.1 Å². The first-order valence-electron chi connectivity index (χ1n) is 10.2. The molecule has 1 aliphatic rings. The van der Waals surface area contributed by atoms with Crippen LogP contribution in [0.4, 0.5) is 5.69 Å². The summed E-state index contributed by atoms with van der Waals surface area (Å²) in [5, 5.41) is 30.5. The number of hydrogen-bond donors (Lipinski definition) is 2. The summed E-state index contributed by atoms with van der Waals surface area (Å²) in [7, 11) is 2.90. The summed E-state index contributed by atoms with van der Waals surface area (Å²) >= 11 is 0. The molecule has 8 nitrogen and oxygen atoms in total. The number of phenols is 1. The number of hydrogen-bond acceptors (Lipinski definition) is 7. The number of methoxy groups -OCH3 is 2. The van der Waals surface area contributed by atoms with Crippen LogP contribution in [0.1, 0.15) is 22.7 Å². The number of aliphatic hydroxyl groups excluding tert-OH is 1. The number of carbonyl (C=O) groups is 2. The molecule has 4 rings (SSSR count). The predicted octanol–water partition coefficient (Wildman–Crippen LogP) is 3.91. The third-order valence-electron chi connectivity index (χ3n) is 5.57. The van der Waals surface area contributed by atoms with E-state index in [9.17, 15) is 19.8 Å². The molecule has 1 atom stereocenters. The number of ether oxygens (including phenoxy) is 2. The minimum absolute atomic E-state index is 0.0649. The van der Waals surface area contributed by atoms with E-state index in [0.29, 0.717) is 22.6 Å². The van der Waals surface area contributed by atoms with Crippen molar-refractivity contribution >= 4 is 23.1 Å². The highest BCUT2D eigenvalue weighted by atomic mass is 16.5. The Morgan fingerprint density at radius 3 is 2.35 bits per heavy atom. The summed E-state index contributed by atoms with van der Waals surface area (Å²) in [6.07, 6.45) is 0. The van der Waals surface area contributed by atoms with E-state index < -0.39 is 23.5 Å². The molecule has 1 amide bonds. The van der Waals surface area contributed by atoms with E-state index >= 15 is 0 Å². The second-order valence-corrected chi connectivity index (χ2v) is 7.49. The predicted molar refractivity (Wildman–Crippen MR) is 124 cm³/mol. The van der Waals surface area contributed by atoms with Crippen molar-refractivity contribution < 1.29 is 29.3 Å². The maximum atomic E-state index is 13.2. The van der Waals surface area contributed by atoms with Crippen LogP contribution in [0.25, 0.3) is 5.76 Å². The van der Waals surface area contributed by atoms with Crippen molar-refractivity contribution in [2.75, 3.05) is 19.1 Å². The summed E-state index contributed by atoms with van der Waals surface area (Å²) in [6, 6.07) is 17.9. The summed E-state index contributed by atoms with van der Waals surface area (Å²) in [4.78, 5) is 27.6. The fourth-order valence-electron chi connectivity index (χ4n) is 3.94. The maximum absolute atomic E-state index is 13.2. The number of aliphatic hydroxyl groups is 1. The van der Waals surface area contributed by atoms with E-state index in [1.807, 2.05) is 6.07 Å². The van der Waals surface area contributed by atoms with Crippen LogP contribution in [0.2, 0.25) is 0 Å². The molecule has 1 aliphatic heterocycles. The summed E-state index contributed by atoms with van der Waals surface area (Å²) < 4.78 is 10.6. The lowest BCUT2D eigenvalue weighted by Gasteiger charge is -2.25. The van der Waals surface area contributed by atoms with E-state index in [1.54, 1.807) is 36.4 Å². The molecule has 0 aliphatic carbocycles. The van der Waals surface area contributed by atoms with Crippen LogP contribution in [-0.4, -0.2) is 36.1 Å². The summed E-state index contributed by atoms with van der Waals surface area (Å²) in [6.45, 7) is 0. The molecule has 34 heavy (non-hydrogen) atoms. The van der Waals surface area contributed by atoms with E-state index in [0.717, 1.165) is 0 Å². The first kappa shape index (κ1) is 22.4. The highest BCUT2D eigenvalue weighted by Gasteiger charge is 2.47. The van der Waals surface area contributed by atoms with Gasteiger partial charge in [0, 0.05) is 11.8 Å². The van der Waals surface area contributed by atoms with Gasteiger partial charge in [-0.25, -0.2) is 0 Å². The van der Waals surface area contributed by atoms with Gasteiger partial charge in [-0.2, -0.15) is 5.26 Å². The Bertz CT molecular complexity index is 1350. The average molecular weight is 456 g/mol. The number of ketones is 1. The van der Waals surface area contributed by atoms with E-state index in [2.05, 4.69) is 0 Å². The van der Waals surface area contributed by atoms with E-state index in [4.69, 9.17) is 14.7 Å². The fourth-order valence-corrected chi connectivity index (χ4v) is 3.94. The van der Waals surface area contributed by atoms with Gasteiger partial charge in [-0.1, -0.05) is 12.1 Å². The zero-order chi connectivity index (χ0) is 24.4. The van der Waals surface area contributed by atoms with Gasteiger partial charge < -0.3 is 19.7 Å². The van der Waals surface area contributed by atoms with Gasteiger partial charge in [-0.15, -0.1) is 0 Å². The molecule has 1 fully saturated rings. The monoisotopic (exact) mass is 456 g/mol. The highest BCUT2D eigenvalue weighted by molar-refractivity contribution is 6.51. The minimum atomic E-state index is -1.04. The number of carbonyl (C=O) groups excluding carboxylic acids is 2. The standard InChI is InChI=1S/C26H20N2O6/c1-33-19-10-11-20(21(13-19)34-2)24(30)22-23(16-4-3-5-18(29)12-16)28(26(32)25(22)31)17-8-6-15(14-27)7-9-17/h3-13,23,29-30H,1-2H3/b24-22-. The first-order valence-corrected chi connectivity index (χ1v) is 10.2. The molecule has 3 aromatic carbocycles. The number of amides is 1. The van der Waals surface area contributed by atoms with E-state index in [-0.39, 0.29) is 22.6 Å². The molecule has 0 radical (unpaired) electrons. The van der Waals surface area contributed by atoms with Crippen LogP contribution < -0.4 is 14.4 Å². The lowest BCUT2D eigenvalue weighted by molar-refractivity contribution is -0.132. The molecule has 1 saturated heterocycles. The Morgan fingerprint density at radius 2 is 1.74 bits per heavy atom. The Labute approximate surface area is 195 Å². The number of nitrogens with zero attached hydrogens (tertiary/aromatic N) is 2. The zero-order valence-electron chi connectivity index (χ0n) is 18.4. The van der Waals surface area contributed by atoms with Gasteiger partial charge in [-0.3, -0.25) is 14.5 Å². The van der Waals surface area contributed by atoms with Crippen molar-refractivity contribution in [1.82, 2.24) is 0 Å². The third-order valence-corrected chi connectivity index (χ3v) is 5.57. The highest BCUT2D eigenvalue weighted by Crippen LogP contribution is 2.44. The molecule has 0 aromatic heterocycles. The molecular weight excluding hydrogens is 436 g/mol. The van der Waals surface area contributed by atoms with Gasteiger partial charge in [0.15, 0.2) is 0 Å². The fraction of sp³-hybridized carbons (Fsp3) is 0.115. The second-order valence-electron chi connectivity index (χ2n) is 7.49. The molecule has 3 aromatic rings. The smallest absolute Gasteiger partial charge is 0.300 e. The number of Topliss-reactive ketones (excluding diaryl/α,β-unsaturated/α-hetero) is 1. The number of benzene rings is 3. The summed E-state index contributed by atoms with van der Waals surface area (Å²) in [5.41, 5.74) is 1.19. The maximum Gasteiger partial charge on any atom is 0.300 e. The lowest BCUT2D eigenvalue weighted by atomic mass is 9.94. The van der Waals surface area contributed by atoms with Crippen molar-refractivity contribution in [3.63, 3.8) is 0 Å². The number of nitriles is 1. The van der Waals surface area contributed by atoms with Crippen molar-refractivity contribution in [1.29, 1.82) is 5.26 Å². The third kappa shape index (κ3) is 3.80. The lowest BCUT2D eigenvalue weighted by Crippen LogP contribution is -2.29. The molecule has 170 valence electrons. The van der Waals surface area contributed by atoms with Gasteiger partial charge in [0.2, 0.25) is 0 Å². The Hall–Kier alpha value is -4.77. The number of aromatic hydroxyl groups is 1. The van der Waals surface area contributed by atoms with Crippen molar-refractivity contribution in [2.45, 2.75) is 6.04 Å². The van der Waals surface area contributed by atoms with Crippen LogP contribution >= 0.6 is 0 Å². The number of rotatable bonds is 5. The van der Waals surface area contributed by atoms with Gasteiger partial charge in [0.25, 0.3) is 11.7 Å². The first-order chi connectivity index (χ1) is 16.4. The van der Waals surface area contributed by atoms with Crippen LogP contribution in [0.3, 0.4) is 0 Å². The molecule has 0 bridgehead atoms. The summed E-state index contributed by atoms with van der Waals surface area (Å²) in [5.74, 6) is -1.51. The number of anilines is 1. The van der Waals surface area contributed by atoms with Crippen LogP contribution in [0, 0.1) is 11.3 Å². The average Bonchev–Trinajstić information content (AvgIpc) is 3.13. The SMILES string of the molecule is COc1ccc(/C(O)=C2/C(=O)C(=O)N(c3ccc(C#N)cc3)C2c2cccc(O)c2)c(OC)c1. The topological polar surface area (TPSA) is 120 Å². The van der Waals surface area contributed by atoms with Crippen molar-refractivity contribution in [3.8, 4) is 23.3 Å². The van der Waals surface area contributed by atoms with Crippen molar-refractivity contribution in [2.24, 2.45) is 0 Å². The molecule has 1 heterocycles. The van der Waals surface area contributed by atoms with Gasteiger partial charge in [0.05, 0.1) is 43.0 Å². The Kier molecular flexibility index (Phi) is 5.94. The largest absolute Gasteiger partial charge is 0.508 e. The second kappa shape index (κ2) is 9.00. The molecule has 8 heteroatoms. The Balaban J connectivity index is 1.96. The number of phenolic OH excluding ortho intramolecular Hbond substituents is 1. The molecule has 1 unspecified atom stereocenters.